The van der Waals surface area contributed by atoms with Gasteiger partial charge in [0.1, 0.15) is 11.4 Å². The van der Waals surface area contributed by atoms with Crippen molar-refractivity contribution in [2.45, 2.75) is 18.1 Å². The van der Waals surface area contributed by atoms with Gasteiger partial charge >= 0.3 is 0 Å². The molecule has 0 radical (unpaired) electrons. The quantitative estimate of drug-likeness (QED) is 0.818. The van der Waals surface area contributed by atoms with Crippen LogP contribution in [0.3, 0.4) is 0 Å². The van der Waals surface area contributed by atoms with Crippen molar-refractivity contribution >= 4 is 0 Å². The fraction of sp³-hybridized carbons (Fsp3) is 0.571. The number of likely N-dealkylation sites (tertiary alicyclic amines) is 1. The Morgan fingerprint density at radius 2 is 2.28 bits per heavy atom. The second kappa shape index (κ2) is 4.61. The van der Waals surface area contributed by atoms with E-state index in [2.05, 4.69) is 17.3 Å². The number of hydrogen-bond acceptors (Lipinski definition) is 3. The SMILES string of the molecule is CN1CCC2(C1)OCCNC2c1ccccc1F. The van der Waals surface area contributed by atoms with E-state index in [9.17, 15) is 4.39 Å². The molecule has 3 nitrogen and oxygen atoms in total. The maximum Gasteiger partial charge on any atom is 0.128 e. The summed E-state index contributed by atoms with van der Waals surface area (Å²) in [6.45, 7) is 3.36. The lowest BCUT2D eigenvalue weighted by atomic mass is 9.86. The highest BCUT2D eigenvalue weighted by Gasteiger charge is 2.47. The predicted molar refractivity (Wildman–Crippen MR) is 67.9 cm³/mol. The van der Waals surface area contributed by atoms with E-state index in [1.54, 1.807) is 6.07 Å². The van der Waals surface area contributed by atoms with Crippen LogP contribution >= 0.6 is 0 Å². The number of halogens is 1. The molecule has 1 aromatic carbocycles. The van der Waals surface area contributed by atoms with E-state index in [1.807, 2.05) is 12.1 Å². The van der Waals surface area contributed by atoms with Gasteiger partial charge in [-0.25, -0.2) is 4.39 Å². The zero-order chi connectivity index (χ0) is 12.6. The van der Waals surface area contributed by atoms with E-state index in [4.69, 9.17) is 4.74 Å². The first-order valence-electron chi connectivity index (χ1n) is 6.52. The largest absolute Gasteiger partial charge is 0.370 e. The van der Waals surface area contributed by atoms with Gasteiger partial charge in [0.2, 0.25) is 0 Å². The van der Waals surface area contributed by atoms with Gasteiger partial charge in [-0.15, -0.1) is 0 Å². The molecule has 0 aliphatic carbocycles. The Morgan fingerprint density at radius 3 is 3.00 bits per heavy atom. The van der Waals surface area contributed by atoms with Gasteiger partial charge in [0.15, 0.2) is 0 Å². The molecule has 2 unspecified atom stereocenters. The molecule has 2 heterocycles. The Balaban J connectivity index is 1.96. The van der Waals surface area contributed by atoms with E-state index < -0.39 is 0 Å². The first-order chi connectivity index (χ1) is 8.71. The topological polar surface area (TPSA) is 24.5 Å². The lowest BCUT2D eigenvalue weighted by Gasteiger charge is -2.42. The van der Waals surface area contributed by atoms with Crippen LogP contribution in [0.2, 0.25) is 0 Å². The predicted octanol–water partition coefficient (Wildman–Crippen LogP) is 1.56. The molecule has 2 aliphatic rings. The zero-order valence-corrected chi connectivity index (χ0v) is 10.7. The molecule has 2 saturated heterocycles. The van der Waals surface area contributed by atoms with E-state index in [1.165, 1.54) is 6.07 Å². The van der Waals surface area contributed by atoms with Crippen LogP contribution in [0.5, 0.6) is 0 Å². The number of nitrogens with zero attached hydrogens (tertiary/aromatic N) is 1. The van der Waals surface area contributed by atoms with Crippen LogP contribution in [0.25, 0.3) is 0 Å². The molecule has 4 heteroatoms. The molecular formula is C14H19FN2O. The first kappa shape index (κ1) is 12.1. The molecule has 0 aromatic heterocycles. The molecule has 2 fully saturated rings. The molecule has 98 valence electrons. The standard InChI is InChI=1S/C14H19FN2O/c1-17-8-6-14(10-17)13(16-7-9-18-14)11-4-2-3-5-12(11)15/h2-5,13,16H,6-10H2,1H3. The first-order valence-corrected chi connectivity index (χ1v) is 6.52. The van der Waals surface area contributed by atoms with E-state index in [0.29, 0.717) is 6.61 Å². The molecule has 3 rings (SSSR count). The highest BCUT2D eigenvalue weighted by atomic mass is 19.1. The van der Waals surface area contributed by atoms with Gasteiger partial charge in [0, 0.05) is 25.2 Å². The highest BCUT2D eigenvalue weighted by Crippen LogP contribution is 2.39. The summed E-state index contributed by atoms with van der Waals surface area (Å²) in [5.74, 6) is -0.144. The second-order valence-electron chi connectivity index (χ2n) is 5.31. The average Bonchev–Trinajstić information content (AvgIpc) is 2.73. The van der Waals surface area contributed by atoms with Gasteiger partial charge in [0.05, 0.1) is 12.6 Å². The normalized spacial score (nSPS) is 33.1. The van der Waals surface area contributed by atoms with Gasteiger partial charge in [-0.2, -0.15) is 0 Å². The molecule has 2 atom stereocenters. The van der Waals surface area contributed by atoms with Crippen LogP contribution in [-0.4, -0.2) is 43.8 Å². The Morgan fingerprint density at radius 1 is 1.44 bits per heavy atom. The summed E-state index contributed by atoms with van der Waals surface area (Å²) in [4.78, 5) is 2.25. The molecule has 2 aliphatic heterocycles. The molecular weight excluding hydrogens is 231 g/mol. The minimum absolute atomic E-state index is 0.0441. The van der Waals surface area contributed by atoms with Gasteiger partial charge < -0.3 is 15.0 Å². The Hall–Kier alpha value is -0.970. The van der Waals surface area contributed by atoms with Crippen LogP contribution in [-0.2, 0) is 4.74 Å². The Labute approximate surface area is 107 Å². The van der Waals surface area contributed by atoms with Crippen LogP contribution in [0.15, 0.2) is 24.3 Å². The molecule has 0 amide bonds. The summed E-state index contributed by atoms with van der Waals surface area (Å²) in [6.07, 6.45) is 0.954. The van der Waals surface area contributed by atoms with Crippen molar-refractivity contribution in [3.63, 3.8) is 0 Å². The van der Waals surface area contributed by atoms with Gasteiger partial charge in [0.25, 0.3) is 0 Å². The van der Waals surface area contributed by atoms with E-state index in [-0.39, 0.29) is 17.5 Å². The van der Waals surface area contributed by atoms with Crippen LogP contribution in [0.1, 0.15) is 18.0 Å². The number of morpholine rings is 1. The summed E-state index contributed by atoms with van der Waals surface area (Å²) in [5, 5.41) is 3.44. The minimum atomic E-state index is -0.269. The van der Waals surface area contributed by atoms with E-state index in [0.717, 1.165) is 31.6 Å². The van der Waals surface area contributed by atoms with Crippen molar-refractivity contribution < 1.29 is 9.13 Å². The van der Waals surface area contributed by atoms with Gasteiger partial charge in [-0.05, 0) is 19.5 Å². The number of ether oxygens (including phenoxy) is 1. The number of rotatable bonds is 1. The number of nitrogens with one attached hydrogen (secondary N) is 1. The summed E-state index contributed by atoms with van der Waals surface area (Å²) in [6, 6.07) is 6.97. The summed E-state index contributed by atoms with van der Waals surface area (Å²) < 4.78 is 20.0. The average molecular weight is 250 g/mol. The summed E-state index contributed by atoms with van der Waals surface area (Å²) in [7, 11) is 2.09. The molecule has 0 saturated carbocycles. The highest BCUT2D eigenvalue weighted by molar-refractivity contribution is 5.26. The molecule has 18 heavy (non-hydrogen) atoms. The zero-order valence-electron chi connectivity index (χ0n) is 10.7. The Kier molecular flexibility index (Phi) is 3.09. The van der Waals surface area contributed by atoms with Crippen LogP contribution < -0.4 is 5.32 Å². The van der Waals surface area contributed by atoms with Crippen LogP contribution in [0.4, 0.5) is 4.39 Å². The smallest absolute Gasteiger partial charge is 0.128 e. The van der Waals surface area contributed by atoms with Crippen molar-refractivity contribution in [3.8, 4) is 0 Å². The Bertz CT molecular complexity index is 436. The van der Waals surface area contributed by atoms with Crippen molar-refractivity contribution in [1.29, 1.82) is 0 Å². The number of likely N-dealkylation sites (N-methyl/N-ethyl adjacent to an activating group) is 1. The number of hydrogen-bond donors (Lipinski definition) is 1. The summed E-state index contributed by atoms with van der Waals surface area (Å²) >= 11 is 0. The third-order valence-corrected chi connectivity index (χ3v) is 4.04. The number of benzene rings is 1. The van der Waals surface area contributed by atoms with Gasteiger partial charge in [-0.1, -0.05) is 18.2 Å². The third-order valence-electron chi connectivity index (χ3n) is 4.04. The minimum Gasteiger partial charge on any atom is -0.370 e. The maximum atomic E-state index is 14.0. The van der Waals surface area contributed by atoms with Gasteiger partial charge in [-0.3, -0.25) is 0 Å². The van der Waals surface area contributed by atoms with E-state index >= 15 is 0 Å². The fourth-order valence-electron chi connectivity index (χ4n) is 3.18. The van der Waals surface area contributed by atoms with Crippen molar-refractivity contribution in [1.82, 2.24) is 10.2 Å². The van der Waals surface area contributed by atoms with Crippen LogP contribution in [0, 0.1) is 5.82 Å². The lowest BCUT2D eigenvalue weighted by Crippen LogP contribution is -2.53. The third kappa shape index (κ3) is 1.94. The molecule has 0 bridgehead atoms. The second-order valence-corrected chi connectivity index (χ2v) is 5.31. The maximum absolute atomic E-state index is 14.0. The summed E-state index contributed by atoms with van der Waals surface area (Å²) in [5.41, 5.74) is 0.461. The monoisotopic (exact) mass is 250 g/mol. The molecule has 1 N–H and O–H groups in total. The van der Waals surface area contributed by atoms with Crippen molar-refractivity contribution in [2.75, 3.05) is 33.3 Å². The van der Waals surface area contributed by atoms with Crippen molar-refractivity contribution in [3.05, 3.63) is 35.6 Å². The fourth-order valence-corrected chi connectivity index (χ4v) is 3.18. The molecule has 1 spiro atoms. The lowest BCUT2D eigenvalue weighted by molar-refractivity contribution is -0.0896. The van der Waals surface area contributed by atoms with Crippen molar-refractivity contribution in [2.24, 2.45) is 0 Å². The molecule has 1 aromatic rings.